The fourth-order valence-corrected chi connectivity index (χ4v) is 3.70. The van der Waals surface area contributed by atoms with E-state index < -0.39 is 11.8 Å². The number of pyridine rings is 1. The van der Waals surface area contributed by atoms with E-state index in [0.717, 1.165) is 16.5 Å². The van der Waals surface area contributed by atoms with Crippen LogP contribution in [0.5, 0.6) is 0 Å². The maximum atomic E-state index is 13.9. The third-order valence-corrected chi connectivity index (χ3v) is 5.54. The lowest BCUT2D eigenvalue weighted by atomic mass is 10.1. The molecule has 0 unspecified atom stereocenters. The summed E-state index contributed by atoms with van der Waals surface area (Å²) in [6.45, 7) is 1.93. The summed E-state index contributed by atoms with van der Waals surface area (Å²) in [5.41, 5.74) is 1.26. The Bertz CT molecular complexity index is 1530. The highest BCUT2D eigenvalue weighted by molar-refractivity contribution is 6.30. The van der Waals surface area contributed by atoms with Gasteiger partial charge in [-0.05, 0) is 42.6 Å². The Labute approximate surface area is 203 Å². The van der Waals surface area contributed by atoms with E-state index in [1.807, 2.05) is 24.3 Å². The molecule has 176 valence electrons. The molecule has 5 rings (SSSR count). The van der Waals surface area contributed by atoms with Crippen LogP contribution >= 0.6 is 11.6 Å². The Morgan fingerprint density at radius 1 is 1.00 bits per heavy atom. The molecule has 10 nitrogen and oxygen atoms in total. The Morgan fingerprint density at radius 3 is 2.60 bits per heavy atom. The number of hydrogen-bond acceptors (Lipinski definition) is 6. The van der Waals surface area contributed by atoms with Crippen molar-refractivity contribution in [3.8, 4) is 11.4 Å². The number of urea groups is 1. The van der Waals surface area contributed by atoms with Crippen LogP contribution in [-0.2, 0) is 13.1 Å². The quantitative estimate of drug-likeness (QED) is 0.375. The van der Waals surface area contributed by atoms with E-state index in [0.29, 0.717) is 23.2 Å². The van der Waals surface area contributed by atoms with Crippen molar-refractivity contribution in [1.29, 1.82) is 0 Å². The first-order valence-corrected chi connectivity index (χ1v) is 11.0. The van der Waals surface area contributed by atoms with Crippen LogP contribution in [0.1, 0.15) is 17.5 Å². The van der Waals surface area contributed by atoms with Gasteiger partial charge >= 0.3 is 6.03 Å². The summed E-state index contributed by atoms with van der Waals surface area (Å²) in [6.07, 6.45) is 4.95. The second kappa shape index (κ2) is 9.47. The van der Waals surface area contributed by atoms with Gasteiger partial charge in [-0.1, -0.05) is 17.7 Å². The summed E-state index contributed by atoms with van der Waals surface area (Å²) < 4.78 is 17.0. The minimum absolute atomic E-state index is 0.0122. The number of halogens is 2. The molecule has 35 heavy (non-hydrogen) atoms. The van der Waals surface area contributed by atoms with E-state index in [4.69, 9.17) is 11.6 Å². The van der Waals surface area contributed by atoms with E-state index in [9.17, 15) is 9.18 Å². The zero-order valence-corrected chi connectivity index (χ0v) is 19.2. The first-order valence-electron chi connectivity index (χ1n) is 10.6. The van der Waals surface area contributed by atoms with Crippen LogP contribution in [0.4, 0.5) is 9.18 Å². The van der Waals surface area contributed by atoms with Gasteiger partial charge in [-0.2, -0.15) is 10.2 Å². The van der Waals surface area contributed by atoms with Crippen LogP contribution in [0.3, 0.4) is 0 Å². The number of benzene rings is 2. The average molecular weight is 492 g/mol. The van der Waals surface area contributed by atoms with Gasteiger partial charge in [0.05, 0.1) is 29.5 Å². The van der Waals surface area contributed by atoms with E-state index >= 15 is 0 Å². The van der Waals surface area contributed by atoms with Crippen LogP contribution in [0.15, 0.2) is 61.2 Å². The molecule has 0 atom stereocenters. The van der Waals surface area contributed by atoms with E-state index in [1.165, 1.54) is 23.1 Å². The van der Waals surface area contributed by atoms with Gasteiger partial charge < -0.3 is 10.6 Å². The molecule has 0 saturated carbocycles. The van der Waals surface area contributed by atoms with Gasteiger partial charge in [-0.15, -0.1) is 0 Å². The van der Waals surface area contributed by atoms with Gasteiger partial charge in [0.2, 0.25) is 0 Å². The maximum absolute atomic E-state index is 13.9. The van der Waals surface area contributed by atoms with Gasteiger partial charge in [-0.3, -0.25) is 4.98 Å². The third kappa shape index (κ3) is 4.80. The lowest BCUT2D eigenvalue weighted by Crippen LogP contribution is -2.36. The van der Waals surface area contributed by atoms with Crippen molar-refractivity contribution < 1.29 is 9.18 Å². The van der Waals surface area contributed by atoms with Crippen LogP contribution in [0, 0.1) is 12.7 Å². The minimum Gasteiger partial charge on any atom is -0.331 e. The Kier molecular flexibility index (Phi) is 6.06. The van der Waals surface area contributed by atoms with Crippen molar-refractivity contribution in [2.45, 2.75) is 20.0 Å². The van der Waals surface area contributed by atoms with Crippen LogP contribution in [-0.4, -0.2) is 40.5 Å². The van der Waals surface area contributed by atoms with Crippen LogP contribution in [0.25, 0.3) is 22.1 Å². The first-order chi connectivity index (χ1) is 17.0. The van der Waals surface area contributed by atoms with Crippen molar-refractivity contribution in [3.05, 3.63) is 89.5 Å². The molecule has 0 radical (unpaired) electrons. The highest BCUT2D eigenvalue weighted by atomic mass is 35.5. The summed E-state index contributed by atoms with van der Waals surface area (Å²) >= 11 is 5.77. The Hall–Kier alpha value is -4.38. The molecule has 3 aromatic heterocycles. The van der Waals surface area contributed by atoms with Gasteiger partial charge in [-0.25, -0.2) is 28.5 Å². The zero-order chi connectivity index (χ0) is 24.4. The van der Waals surface area contributed by atoms with Crippen molar-refractivity contribution in [3.63, 3.8) is 0 Å². The zero-order valence-electron chi connectivity index (χ0n) is 18.5. The number of aryl methyl sites for hydroxylation is 1. The second-order valence-corrected chi connectivity index (χ2v) is 8.02. The summed E-state index contributed by atoms with van der Waals surface area (Å²) in [5, 5.41) is 16.1. The van der Waals surface area contributed by atoms with Gasteiger partial charge in [0.15, 0.2) is 11.6 Å². The predicted molar refractivity (Wildman–Crippen MR) is 127 cm³/mol. The first kappa shape index (κ1) is 22.4. The van der Waals surface area contributed by atoms with Gasteiger partial charge in [0.1, 0.15) is 18.0 Å². The van der Waals surface area contributed by atoms with E-state index in [2.05, 4.69) is 35.8 Å². The molecule has 0 aliphatic heterocycles. The lowest BCUT2D eigenvalue weighted by Gasteiger charge is -2.10. The Balaban J connectivity index is 1.24. The Morgan fingerprint density at radius 2 is 1.77 bits per heavy atom. The summed E-state index contributed by atoms with van der Waals surface area (Å²) in [5.74, 6) is 0.912. The monoisotopic (exact) mass is 491 g/mol. The molecule has 12 heteroatoms. The number of nitrogens with zero attached hydrogens (tertiary/aromatic N) is 7. The number of nitrogens with one attached hydrogen (secondary N) is 2. The number of carbonyl (C=O) groups is 1. The van der Waals surface area contributed by atoms with Crippen molar-refractivity contribution in [1.82, 2.24) is 45.1 Å². The molecule has 5 aromatic rings. The van der Waals surface area contributed by atoms with E-state index in [1.54, 1.807) is 30.1 Å². The SMILES string of the molecule is Cc1nc(CNC(=O)NCc2ncnn2-c2ccc3cnccc3c2)n(-c2ccc(Cl)c(F)c2)n1. The minimum atomic E-state index is -0.568. The smallest absolute Gasteiger partial charge is 0.315 e. The van der Waals surface area contributed by atoms with Crippen molar-refractivity contribution in [2.75, 3.05) is 0 Å². The lowest BCUT2D eigenvalue weighted by molar-refractivity contribution is 0.239. The largest absolute Gasteiger partial charge is 0.331 e. The number of hydrogen-bond donors (Lipinski definition) is 2. The molecule has 0 fully saturated rings. The number of aromatic nitrogens is 7. The highest BCUT2D eigenvalue weighted by Crippen LogP contribution is 2.19. The van der Waals surface area contributed by atoms with Crippen molar-refractivity contribution in [2.24, 2.45) is 0 Å². The van der Waals surface area contributed by atoms with E-state index in [-0.39, 0.29) is 18.1 Å². The number of fused-ring (bicyclic) bond motifs is 1. The second-order valence-electron chi connectivity index (χ2n) is 7.62. The third-order valence-electron chi connectivity index (χ3n) is 5.23. The van der Waals surface area contributed by atoms with Gasteiger partial charge in [0, 0.05) is 23.8 Å². The number of amides is 2. The molecule has 2 N–H and O–H groups in total. The highest BCUT2D eigenvalue weighted by Gasteiger charge is 2.14. The standard InChI is InChI=1S/C23H19ClFN9O/c1-14-31-22(34(32-14)18-4-5-19(24)20(25)9-18)12-28-23(35)27-11-21-29-13-30-33(21)17-3-2-16-10-26-7-6-15(16)8-17/h2-10,13H,11-12H2,1H3,(H2,27,28,35). The fourth-order valence-electron chi connectivity index (χ4n) is 3.58. The predicted octanol–water partition coefficient (Wildman–Crippen LogP) is 3.50. The molecular weight excluding hydrogens is 473 g/mol. The summed E-state index contributed by atoms with van der Waals surface area (Å²) in [7, 11) is 0. The molecule has 0 aliphatic rings. The normalized spacial score (nSPS) is 11.1. The molecule has 0 bridgehead atoms. The molecule has 2 aromatic carbocycles. The molecule has 0 saturated heterocycles. The number of rotatable bonds is 6. The molecular formula is C23H19ClFN9O. The number of carbonyl (C=O) groups excluding carboxylic acids is 1. The molecule has 0 aliphatic carbocycles. The van der Waals surface area contributed by atoms with Gasteiger partial charge in [0.25, 0.3) is 0 Å². The molecule has 0 spiro atoms. The maximum Gasteiger partial charge on any atom is 0.315 e. The van der Waals surface area contributed by atoms with Crippen LogP contribution in [0.2, 0.25) is 5.02 Å². The summed E-state index contributed by atoms with van der Waals surface area (Å²) in [4.78, 5) is 25.2. The summed E-state index contributed by atoms with van der Waals surface area (Å²) in [6, 6.07) is 11.7. The van der Waals surface area contributed by atoms with Crippen LogP contribution < -0.4 is 10.6 Å². The molecule has 2 amide bonds. The topological polar surface area (TPSA) is 115 Å². The molecule has 3 heterocycles. The fraction of sp³-hybridized carbons (Fsp3) is 0.130. The average Bonchev–Trinajstić information content (AvgIpc) is 3.49. The van der Waals surface area contributed by atoms with Crippen molar-refractivity contribution >= 4 is 28.4 Å².